The molecule has 160 valence electrons. The molecule has 30 heavy (non-hydrogen) atoms. The molecule has 4 rings (SSSR count). The van der Waals surface area contributed by atoms with Crippen LogP contribution in [-0.2, 0) is 13.0 Å². The first kappa shape index (κ1) is 22.4. The van der Waals surface area contributed by atoms with Crippen LogP contribution in [-0.4, -0.2) is 36.1 Å². The molecule has 1 saturated carbocycles. The van der Waals surface area contributed by atoms with Gasteiger partial charge in [-0.15, -0.1) is 24.0 Å². The molecule has 3 N–H and O–H groups in total. The van der Waals surface area contributed by atoms with Gasteiger partial charge in [0.2, 0.25) is 0 Å². The molecular weight excluding hydrogens is 489 g/mol. The Morgan fingerprint density at radius 2 is 2.03 bits per heavy atom. The number of nitrogens with zero attached hydrogens (tertiary/aromatic N) is 2. The molecule has 0 bridgehead atoms. The van der Waals surface area contributed by atoms with Gasteiger partial charge in [0.1, 0.15) is 11.6 Å². The minimum absolute atomic E-state index is 0. The number of aryl methyl sites for hydroxylation is 1. The Bertz CT molecular complexity index is 963. The Morgan fingerprint density at radius 3 is 2.80 bits per heavy atom. The number of guanidine groups is 1. The van der Waals surface area contributed by atoms with Crippen LogP contribution in [0.3, 0.4) is 0 Å². The zero-order valence-electron chi connectivity index (χ0n) is 17.6. The number of hydrogen-bond donors (Lipinski definition) is 3. The molecule has 0 saturated heterocycles. The lowest BCUT2D eigenvalue weighted by molar-refractivity contribution is 0.296. The molecule has 6 nitrogen and oxygen atoms in total. The smallest absolute Gasteiger partial charge is 0.191 e. The highest BCUT2D eigenvalue weighted by atomic mass is 127. The summed E-state index contributed by atoms with van der Waals surface area (Å²) in [6.07, 6.45) is 3.39. The van der Waals surface area contributed by atoms with Crippen molar-refractivity contribution in [1.82, 2.24) is 20.6 Å². The molecule has 1 aliphatic rings. The average molecular weight is 519 g/mol. The summed E-state index contributed by atoms with van der Waals surface area (Å²) >= 11 is 0. The highest BCUT2D eigenvalue weighted by molar-refractivity contribution is 14.0. The summed E-state index contributed by atoms with van der Waals surface area (Å²) in [5.74, 6) is 3.46. The molecule has 0 amide bonds. The predicted octanol–water partition coefficient (Wildman–Crippen LogP) is 4.19. The Kier molecular flexibility index (Phi) is 7.95. The number of aromatic amines is 1. The number of H-pyrrole nitrogens is 1. The quantitative estimate of drug-likeness (QED) is 0.237. The Labute approximate surface area is 194 Å². The molecule has 0 atom stereocenters. The van der Waals surface area contributed by atoms with E-state index in [0.717, 1.165) is 59.6 Å². The van der Waals surface area contributed by atoms with Gasteiger partial charge < -0.3 is 20.4 Å². The number of halogens is 1. The van der Waals surface area contributed by atoms with Crippen LogP contribution in [0, 0.1) is 12.8 Å². The zero-order valence-corrected chi connectivity index (χ0v) is 19.9. The maximum atomic E-state index is 6.06. The molecule has 7 heteroatoms. The van der Waals surface area contributed by atoms with Gasteiger partial charge in [-0.1, -0.05) is 24.3 Å². The van der Waals surface area contributed by atoms with Crippen molar-refractivity contribution in [3.8, 4) is 5.75 Å². The molecular formula is C23H30IN5O. The lowest BCUT2D eigenvalue weighted by Gasteiger charge is -2.15. The minimum atomic E-state index is 0. The van der Waals surface area contributed by atoms with Crippen molar-refractivity contribution in [2.24, 2.45) is 10.9 Å². The van der Waals surface area contributed by atoms with Crippen LogP contribution in [0.1, 0.15) is 29.8 Å². The second-order valence-electron chi connectivity index (χ2n) is 7.67. The van der Waals surface area contributed by atoms with Crippen molar-refractivity contribution in [3.63, 3.8) is 0 Å². The SMILES string of the molecule is CN=C(NCCc1nc2ccccc2[nH]1)NCc1ccc(C)cc1OCC1CC1.I. The standard InChI is InChI=1S/C23H29N5O.HI/c1-16-7-10-18(21(13-16)29-15-17-8-9-17)14-26-23(24-2)25-12-11-22-27-19-5-3-4-6-20(19)28-22;/h3-7,10,13,17H,8-9,11-12,14-15H2,1-2H3,(H,27,28)(H2,24,25,26);1H. The molecule has 2 aromatic carbocycles. The molecule has 1 aliphatic carbocycles. The van der Waals surface area contributed by atoms with Gasteiger partial charge in [-0.05, 0) is 49.4 Å². The molecule has 3 aromatic rings. The molecule has 0 aliphatic heterocycles. The number of ether oxygens (including phenoxy) is 1. The molecule has 0 unspecified atom stereocenters. The number of aromatic nitrogens is 2. The van der Waals surface area contributed by atoms with Crippen LogP contribution < -0.4 is 15.4 Å². The van der Waals surface area contributed by atoms with Crippen molar-refractivity contribution in [1.29, 1.82) is 0 Å². The Morgan fingerprint density at radius 1 is 1.20 bits per heavy atom. The normalized spacial score (nSPS) is 13.7. The van der Waals surface area contributed by atoms with Crippen LogP contribution in [0.25, 0.3) is 11.0 Å². The van der Waals surface area contributed by atoms with Crippen molar-refractivity contribution >= 4 is 41.0 Å². The van der Waals surface area contributed by atoms with Crippen LogP contribution in [0.5, 0.6) is 5.75 Å². The fourth-order valence-electron chi connectivity index (χ4n) is 3.26. The summed E-state index contributed by atoms with van der Waals surface area (Å²) in [5, 5.41) is 6.75. The number of para-hydroxylation sites is 2. The first-order valence-electron chi connectivity index (χ1n) is 10.3. The lowest BCUT2D eigenvalue weighted by Crippen LogP contribution is -2.38. The predicted molar refractivity (Wildman–Crippen MR) is 133 cm³/mol. The summed E-state index contributed by atoms with van der Waals surface area (Å²) in [6.45, 7) is 4.34. The maximum absolute atomic E-state index is 6.06. The van der Waals surface area contributed by atoms with Gasteiger partial charge in [0, 0.05) is 32.1 Å². The monoisotopic (exact) mass is 519 g/mol. The lowest BCUT2D eigenvalue weighted by atomic mass is 10.1. The summed E-state index contributed by atoms with van der Waals surface area (Å²) in [6, 6.07) is 14.5. The van der Waals surface area contributed by atoms with Crippen molar-refractivity contribution < 1.29 is 4.74 Å². The van der Waals surface area contributed by atoms with Gasteiger partial charge in [-0.3, -0.25) is 4.99 Å². The van der Waals surface area contributed by atoms with E-state index in [1.165, 1.54) is 18.4 Å². The summed E-state index contributed by atoms with van der Waals surface area (Å²) in [7, 11) is 1.79. The van der Waals surface area contributed by atoms with Crippen LogP contribution in [0.15, 0.2) is 47.5 Å². The first-order valence-corrected chi connectivity index (χ1v) is 10.3. The van der Waals surface area contributed by atoms with Crippen LogP contribution in [0.4, 0.5) is 0 Å². The van der Waals surface area contributed by atoms with E-state index in [2.05, 4.69) is 50.7 Å². The van der Waals surface area contributed by atoms with Gasteiger partial charge in [0.05, 0.1) is 17.6 Å². The highest BCUT2D eigenvalue weighted by Crippen LogP contribution is 2.30. The van der Waals surface area contributed by atoms with E-state index < -0.39 is 0 Å². The van der Waals surface area contributed by atoms with Crippen molar-refractivity contribution in [2.75, 3.05) is 20.2 Å². The van der Waals surface area contributed by atoms with E-state index in [1.807, 2.05) is 24.3 Å². The molecule has 0 spiro atoms. The van der Waals surface area contributed by atoms with Crippen LogP contribution >= 0.6 is 24.0 Å². The second-order valence-corrected chi connectivity index (χ2v) is 7.67. The highest BCUT2D eigenvalue weighted by Gasteiger charge is 2.22. The van der Waals surface area contributed by atoms with E-state index in [0.29, 0.717) is 6.54 Å². The first-order chi connectivity index (χ1) is 14.2. The number of fused-ring (bicyclic) bond motifs is 1. The third-order valence-electron chi connectivity index (χ3n) is 5.16. The van der Waals surface area contributed by atoms with E-state index in [1.54, 1.807) is 7.05 Å². The van der Waals surface area contributed by atoms with Gasteiger partial charge in [0.15, 0.2) is 5.96 Å². The number of benzene rings is 2. The van der Waals surface area contributed by atoms with Crippen molar-refractivity contribution in [2.45, 2.75) is 32.7 Å². The fourth-order valence-corrected chi connectivity index (χ4v) is 3.26. The third kappa shape index (κ3) is 6.10. The fraction of sp³-hybridized carbons (Fsp3) is 0.391. The Hall–Kier alpha value is -2.29. The zero-order chi connectivity index (χ0) is 20.1. The molecule has 0 radical (unpaired) electrons. The third-order valence-corrected chi connectivity index (χ3v) is 5.16. The van der Waals surface area contributed by atoms with E-state index in [9.17, 15) is 0 Å². The topological polar surface area (TPSA) is 74.3 Å². The van der Waals surface area contributed by atoms with E-state index >= 15 is 0 Å². The number of rotatable bonds is 8. The van der Waals surface area contributed by atoms with E-state index in [4.69, 9.17) is 4.74 Å². The van der Waals surface area contributed by atoms with Crippen LogP contribution in [0.2, 0.25) is 0 Å². The largest absolute Gasteiger partial charge is 0.493 e. The van der Waals surface area contributed by atoms with Gasteiger partial charge in [-0.25, -0.2) is 4.98 Å². The summed E-state index contributed by atoms with van der Waals surface area (Å²) in [5.41, 5.74) is 4.44. The second kappa shape index (κ2) is 10.7. The van der Waals surface area contributed by atoms with Gasteiger partial charge in [-0.2, -0.15) is 0 Å². The number of aliphatic imine (C=N–C) groups is 1. The molecule has 1 aromatic heterocycles. The number of hydrogen-bond acceptors (Lipinski definition) is 3. The molecule has 1 heterocycles. The maximum Gasteiger partial charge on any atom is 0.191 e. The number of imidazole rings is 1. The van der Waals surface area contributed by atoms with E-state index in [-0.39, 0.29) is 24.0 Å². The van der Waals surface area contributed by atoms with Crippen molar-refractivity contribution in [3.05, 3.63) is 59.4 Å². The molecule has 1 fully saturated rings. The Balaban J connectivity index is 0.00000256. The number of nitrogens with one attached hydrogen (secondary N) is 3. The summed E-state index contributed by atoms with van der Waals surface area (Å²) in [4.78, 5) is 12.3. The van der Waals surface area contributed by atoms with Gasteiger partial charge >= 0.3 is 0 Å². The summed E-state index contributed by atoms with van der Waals surface area (Å²) < 4.78 is 6.06. The van der Waals surface area contributed by atoms with Gasteiger partial charge in [0.25, 0.3) is 0 Å². The minimum Gasteiger partial charge on any atom is -0.493 e. The average Bonchev–Trinajstić information content (AvgIpc) is 3.47.